The van der Waals surface area contributed by atoms with Gasteiger partial charge in [-0.05, 0) is 28.6 Å². The van der Waals surface area contributed by atoms with Crippen molar-refractivity contribution in [3.63, 3.8) is 0 Å². The first-order valence-electron chi connectivity index (χ1n) is 4.69. The van der Waals surface area contributed by atoms with Crippen LogP contribution in [0.5, 0.6) is 0 Å². The van der Waals surface area contributed by atoms with Crippen molar-refractivity contribution in [3.8, 4) is 0 Å². The second-order valence-electron chi connectivity index (χ2n) is 4.42. The molecule has 0 radical (unpaired) electrons. The van der Waals surface area contributed by atoms with Gasteiger partial charge in [0.25, 0.3) is 10.0 Å². The lowest BCUT2D eigenvalue weighted by Crippen LogP contribution is -2.11. The Kier molecular flexibility index (Phi) is 3.26. The van der Waals surface area contributed by atoms with E-state index in [-0.39, 0.29) is 10.3 Å². The normalized spacial score (nSPS) is 11.9. The van der Waals surface area contributed by atoms with Crippen LogP contribution in [0.25, 0.3) is 10.4 Å². The highest BCUT2D eigenvalue weighted by molar-refractivity contribution is 7.90. The van der Waals surface area contributed by atoms with Crippen LogP contribution in [-0.2, 0) is 15.4 Å². The summed E-state index contributed by atoms with van der Waals surface area (Å²) >= 11 is 0. The van der Waals surface area contributed by atoms with E-state index in [4.69, 9.17) is 5.53 Å². The molecule has 1 aromatic rings. The summed E-state index contributed by atoms with van der Waals surface area (Å²) in [6.45, 7) is 6.10. The fourth-order valence-electron chi connectivity index (χ4n) is 1.22. The second-order valence-corrected chi connectivity index (χ2v) is 6.01. The summed E-state index contributed by atoms with van der Waals surface area (Å²) in [6.07, 6.45) is 0. The van der Waals surface area contributed by atoms with Crippen molar-refractivity contribution in [1.82, 2.24) is 0 Å². The van der Waals surface area contributed by atoms with Gasteiger partial charge >= 0.3 is 0 Å². The molecule has 0 heterocycles. The van der Waals surface area contributed by atoms with E-state index in [9.17, 15) is 8.42 Å². The molecule has 0 N–H and O–H groups in total. The van der Waals surface area contributed by atoms with Crippen LogP contribution in [0.15, 0.2) is 33.7 Å². The van der Waals surface area contributed by atoms with E-state index in [1.165, 1.54) is 12.1 Å². The quantitative estimate of drug-likeness (QED) is 0.451. The molecular formula is C10H13N3O2S. The van der Waals surface area contributed by atoms with Crippen LogP contribution in [0.2, 0.25) is 0 Å². The molecule has 0 aliphatic carbocycles. The number of azide groups is 1. The molecule has 6 heteroatoms. The van der Waals surface area contributed by atoms with Crippen LogP contribution in [0.3, 0.4) is 0 Å². The van der Waals surface area contributed by atoms with E-state index >= 15 is 0 Å². The molecule has 0 spiro atoms. The zero-order chi connectivity index (χ0) is 12.4. The van der Waals surface area contributed by atoms with Crippen molar-refractivity contribution in [2.75, 3.05) is 0 Å². The highest BCUT2D eigenvalue weighted by Gasteiger charge is 2.16. The number of nitrogens with zero attached hydrogens (tertiary/aromatic N) is 3. The van der Waals surface area contributed by atoms with E-state index in [0.717, 1.165) is 5.56 Å². The van der Waals surface area contributed by atoms with Crippen molar-refractivity contribution >= 4 is 10.0 Å². The first-order valence-corrected chi connectivity index (χ1v) is 6.13. The monoisotopic (exact) mass is 239 g/mol. The maximum atomic E-state index is 11.4. The molecule has 0 unspecified atom stereocenters. The average Bonchev–Trinajstić information content (AvgIpc) is 2.16. The minimum atomic E-state index is -3.86. The summed E-state index contributed by atoms with van der Waals surface area (Å²) in [7, 11) is -3.86. The van der Waals surface area contributed by atoms with Gasteiger partial charge in [-0.1, -0.05) is 32.9 Å². The Morgan fingerprint density at radius 2 is 1.69 bits per heavy atom. The van der Waals surface area contributed by atoms with Crippen molar-refractivity contribution in [3.05, 3.63) is 40.3 Å². The molecule has 0 amide bonds. The Balaban J connectivity index is 3.19. The molecule has 0 atom stereocenters. The van der Waals surface area contributed by atoms with Gasteiger partial charge in [-0.25, -0.2) is 8.42 Å². The van der Waals surface area contributed by atoms with Crippen molar-refractivity contribution in [2.45, 2.75) is 31.1 Å². The number of sulfonamides is 1. The van der Waals surface area contributed by atoms with Gasteiger partial charge in [0, 0.05) is 9.43 Å². The standard InChI is InChI=1S/C10H13N3O2S/c1-10(2,3)8-4-6-9(7-5-8)16(14,15)13-12-11/h4-7H,1-3H3. The molecule has 16 heavy (non-hydrogen) atoms. The molecule has 0 saturated heterocycles. The fraction of sp³-hybridized carbons (Fsp3) is 0.400. The molecular weight excluding hydrogens is 226 g/mol. The SMILES string of the molecule is CC(C)(C)c1ccc(S(=O)(=O)N=[N+]=[N-])cc1. The van der Waals surface area contributed by atoms with Gasteiger partial charge in [-0.2, -0.15) is 0 Å². The third-order valence-electron chi connectivity index (χ3n) is 2.16. The molecule has 0 aliphatic rings. The van der Waals surface area contributed by atoms with Crippen molar-refractivity contribution in [2.24, 2.45) is 4.52 Å². The maximum Gasteiger partial charge on any atom is 0.264 e. The smallest absolute Gasteiger partial charge is 0.216 e. The van der Waals surface area contributed by atoms with Crippen molar-refractivity contribution in [1.29, 1.82) is 0 Å². The Hall–Kier alpha value is -1.52. The molecule has 0 bridgehead atoms. The molecule has 0 aromatic heterocycles. The molecule has 5 nitrogen and oxygen atoms in total. The van der Waals surface area contributed by atoms with Crippen LogP contribution in [0.4, 0.5) is 0 Å². The summed E-state index contributed by atoms with van der Waals surface area (Å²) in [6, 6.07) is 6.34. The largest absolute Gasteiger partial charge is 0.264 e. The molecule has 86 valence electrons. The Labute approximate surface area is 94.8 Å². The van der Waals surface area contributed by atoms with Gasteiger partial charge < -0.3 is 0 Å². The summed E-state index contributed by atoms with van der Waals surface area (Å²) in [5.74, 6) is 0. The third kappa shape index (κ3) is 2.74. The number of rotatable bonds is 2. The summed E-state index contributed by atoms with van der Waals surface area (Å²) in [5.41, 5.74) is 9.11. The van der Waals surface area contributed by atoms with Gasteiger partial charge in [-0.3, -0.25) is 0 Å². The van der Waals surface area contributed by atoms with Gasteiger partial charge in [0.15, 0.2) is 0 Å². The zero-order valence-corrected chi connectivity index (χ0v) is 10.2. The van der Waals surface area contributed by atoms with Crippen LogP contribution in [0, 0.1) is 0 Å². The van der Waals surface area contributed by atoms with E-state index in [1.54, 1.807) is 12.1 Å². The predicted octanol–water partition coefficient (Wildman–Crippen LogP) is 2.98. The number of hydrogen-bond donors (Lipinski definition) is 0. The van der Waals surface area contributed by atoms with Gasteiger partial charge in [0.2, 0.25) is 0 Å². The van der Waals surface area contributed by atoms with E-state index < -0.39 is 10.0 Å². The summed E-state index contributed by atoms with van der Waals surface area (Å²) in [5, 5.41) is 0. The molecule has 0 aliphatic heterocycles. The van der Waals surface area contributed by atoms with Gasteiger partial charge in [-0.15, -0.1) is 0 Å². The molecule has 0 saturated carbocycles. The fourth-order valence-corrected chi connectivity index (χ4v) is 1.89. The molecule has 1 rings (SSSR count). The highest BCUT2D eigenvalue weighted by Crippen LogP contribution is 2.23. The third-order valence-corrected chi connectivity index (χ3v) is 3.32. The minimum Gasteiger partial charge on any atom is -0.216 e. The summed E-state index contributed by atoms with van der Waals surface area (Å²) in [4.78, 5) is 2.30. The van der Waals surface area contributed by atoms with Crippen LogP contribution in [-0.4, -0.2) is 8.42 Å². The first-order chi connectivity index (χ1) is 7.27. The number of benzene rings is 1. The lowest BCUT2D eigenvalue weighted by molar-refractivity contribution is 0.586. The van der Waals surface area contributed by atoms with E-state index in [0.29, 0.717) is 0 Å². The molecule has 1 aromatic carbocycles. The lowest BCUT2D eigenvalue weighted by atomic mass is 9.87. The Morgan fingerprint density at radius 3 is 2.06 bits per heavy atom. The van der Waals surface area contributed by atoms with Gasteiger partial charge in [0.1, 0.15) is 0 Å². The Bertz CT molecular complexity index is 520. The van der Waals surface area contributed by atoms with Crippen LogP contribution < -0.4 is 0 Å². The highest BCUT2D eigenvalue weighted by atomic mass is 32.2. The topological polar surface area (TPSA) is 82.9 Å². The van der Waals surface area contributed by atoms with E-state index in [2.05, 4.69) is 9.43 Å². The minimum absolute atomic E-state index is 0.0123. The van der Waals surface area contributed by atoms with Crippen LogP contribution >= 0.6 is 0 Å². The predicted molar refractivity (Wildman–Crippen MR) is 61.5 cm³/mol. The lowest BCUT2D eigenvalue weighted by Gasteiger charge is -2.18. The second kappa shape index (κ2) is 4.15. The Morgan fingerprint density at radius 1 is 1.19 bits per heavy atom. The van der Waals surface area contributed by atoms with Gasteiger partial charge in [0.05, 0.1) is 4.90 Å². The summed E-state index contributed by atoms with van der Waals surface area (Å²) < 4.78 is 25.5. The average molecular weight is 239 g/mol. The first kappa shape index (κ1) is 12.5. The maximum absolute atomic E-state index is 11.4. The van der Waals surface area contributed by atoms with Crippen LogP contribution in [0.1, 0.15) is 26.3 Å². The molecule has 0 fully saturated rings. The zero-order valence-electron chi connectivity index (χ0n) is 9.38. The van der Waals surface area contributed by atoms with Crippen molar-refractivity contribution < 1.29 is 8.42 Å². The number of hydrogen-bond acceptors (Lipinski definition) is 2. The van der Waals surface area contributed by atoms with E-state index in [1.807, 2.05) is 20.8 Å².